The normalized spacial score (nSPS) is 12.5. The van der Waals surface area contributed by atoms with Gasteiger partial charge in [-0.25, -0.2) is 0 Å². The van der Waals surface area contributed by atoms with Crippen LogP contribution < -0.4 is 5.43 Å². The Hall–Kier alpha value is -2.74. The predicted octanol–water partition coefficient (Wildman–Crippen LogP) is 4.77. The average Bonchev–Trinajstić information content (AvgIpc) is 2.50. The highest BCUT2D eigenvalue weighted by Gasteiger charge is 2.18. The fourth-order valence-corrected chi connectivity index (χ4v) is 1.84. The molecule has 1 aromatic rings. The van der Waals surface area contributed by atoms with Gasteiger partial charge in [0, 0.05) is 17.3 Å². The lowest BCUT2D eigenvalue weighted by molar-refractivity contribution is -0.393. The van der Waals surface area contributed by atoms with Gasteiger partial charge in [-0.3, -0.25) is 25.7 Å². The van der Waals surface area contributed by atoms with Gasteiger partial charge in [-0.15, -0.1) is 0 Å². The SMILES string of the molecule is C/C(Cl)=C/CC/C(C)=C/C=N\Nc1ccc([N+](=O)[O-])cc1[N+](=O)[O-]. The predicted molar refractivity (Wildman–Crippen MR) is 94.5 cm³/mol. The van der Waals surface area contributed by atoms with Gasteiger partial charge in [0.2, 0.25) is 0 Å². The minimum Gasteiger partial charge on any atom is -0.272 e. The van der Waals surface area contributed by atoms with E-state index < -0.39 is 15.5 Å². The lowest BCUT2D eigenvalue weighted by Gasteiger charge is -2.01. The molecule has 0 radical (unpaired) electrons. The fourth-order valence-electron chi connectivity index (χ4n) is 1.73. The molecule has 0 aliphatic carbocycles. The Labute approximate surface area is 143 Å². The number of hydrogen-bond donors (Lipinski definition) is 1. The van der Waals surface area contributed by atoms with Crippen LogP contribution in [0.15, 0.2) is 46.1 Å². The lowest BCUT2D eigenvalue weighted by atomic mass is 10.1. The number of anilines is 1. The van der Waals surface area contributed by atoms with Crippen molar-refractivity contribution in [3.8, 4) is 0 Å². The summed E-state index contributed by atoms with van der Waals surface area (Å²) in [4.78, 5) is 20.2. The summed E-state index contributed by atoms with van der Waals surface area (Å²) in [6.07, 6.45) is 6.77. The molecule has 0 aliphatic heterocycles. The number of hydrazone groups is 1. The minimum atomic E-state index is -0.702. The molecule has 0 saturated heterocycles. The second-order valence-electron chi connectivity index (χ2n) is 4.95. The van der Waals surface area contributed by atoms with Crippen LogP contribution in [0.25, 0.3) is 0 Å². The maximum Gasteiger partial charge on any atom is 0.301 e. The highest BCUT2D eigenvalue weighted by molar-refractivity contribution is 6.29. The molecular formula is C15H17ClN4O4. The maximum absolute atomic E-state index is 11.0. The van der Waals surface area contributed by atoms with Gasteiger partial charge in [0.1, 0.15) is 5.69 Å². The van der Waals surface area contributed by atoms with E-state index in [-0.39, 0.29) is 11.4 Å². The van der Waals surface area contributed by atoms with Crippen molar-refractivity contribution in [3.63, 3.8) is 0 Å². The number of halogens is 1. The second kappa shape index (κ2) is 9.41. The van der Waals surface area contributed by atoms with E-state index >= 15 is 0 Å². The van der Waals surface area contributed by atoms with Crippen molar-refractivity contribution in [2.45, 2.75) is 26.7 Å². The molecule has 1 rings (SSSR count). The van der Waals surface area contributed by atoms with Crippen LogP contribution in [0, 0.1) is 20.2 Å². The molecule has 1 aromatic carbocycles. The van der Waals surface area contributed by atoms with Gasteiger partial charge in [0.05, 0.1) is 15.9 Å². The van der Waals surface area contributed by atoms with E-state index in [0.717, 1.165) is 29.5 Å². The van der Waals surface area contributed by atoms with Crippen LogP contribution in [0.4, 0.5) is 17.1 Å². The third kappa shape index (κ3) is 6.57. The molecule has 0 aliphatic rings. The van der Waals surface area contributed by atoms with Gasteiger partial charge in [0.25, 0.3) is 5.69 Å². The molecule has 0 amide bonds. The van der Waals surface area contributed by atoms with Gasteiger partial charge in [-0.1, -0.05) is 23.3 Å². The number of rotatable bonds is 8. The van der Waals surface area contributed by atoms with Crippen LogP contribution in [0.2, 0.25) is 0 Å². The Kier molecular flexibility index (Phi) is 7.57. The summed E-state index contributed by atoms with van der Waals surface area (Å²) < 4.78 is 0. The Bertz CT molecular complexity index is 709. The van der Waals surface area contributed by atoms with Crippen molar-refractivity contribution in [1.82, 2.24) is 0 Å². The van der Waals surface area contributed by atoms with Gasteiger partial charge in [0.15, 0.2) is 0 Å². The number of hydrogen-bond acceptors (Lipinski definition) is 6. The topological polar surface area (TPSA) is 111 Å². The van der Waals surface area contributed by atoms with Crippen LogP contribution in [-0.4, -0.2) is 16.1 Å². The Morgan fingerprint density at radius 3 is 2.58 bits per heavy atom. The number of nitro benzene ring substituents is 2. The zero-order chi connectivity index (χ0) is 18.1. The summed E-state index contributed by atoms with van der Waals surface area (Å²) in [6.45, 7) is 3.74. The number of benzene rings is 1. The quantitative estimate of drug-likeness (QED) is 0.411. The molecule has 0 aromatic heterocycles. The van der Waals surface area contributed by atoms with Gasteiger partial charge in [-0.05, 0) is 38.8 Å². The van der Waals surface area contributed by atoms with E-state index in [2.05, 4.69) is 10.5 Å². The first-order chi connectivity index (χ1) is 11.3. The summed E-state index contributed by atoms with van der Waals surface area (Å²) in [5, 5.41) is 26.3. The number of non-ortho nitro benzene ring substituents is 1. The highest BCUT2D eigenvalue weighted by atomic mass is 35.5. The lowest BCUT2D eigenvalue weighted by Crippen LogP contribution is -1.98. The number of allylic oxidation sites excluding steroid dienone is 4. The molecule has 0 saturated carbocycles. The van der Waals surface area contributed by atoms with Crippen LogP contribution >= 0.6 is 11.6 Å². The Morgan fingerprint density at radius 1 is 1.29 bits per heavy atom. The molecule has 8 nitrogen and oxygen atoms in total. The zero-order valence-corrected chi connectivity index (χ0v) is 14.0. The largest absolute Gasteiger partial charge is 0.301 e. The van der Waals surface area contributed by atoms with Gasteiger partial charge in [-0.2, -0.15) is 5.10 Å². The highest BCUT2D eigenvalue weighted by Crippen LogP contribution is 2.28. The average molecular weight is 353 g/mol. The summed E-state index contributed by atoms with van der Waals surface area (Å²) in [5.41, 5.74) is 2.89. The molecule has 0 spiro atoms. The minimum absolute atomic E-state index is 0.0774. The van der Waals surface area contributed by atoms with Crippen LogP contribution in [0.3, 0.4) is 0 Å². The third-order valence-corrected chi connectivity index (χ3v) is 3.13. The van der Waals surface area contributed by atoms with Crippen molar-refractivity contribution in [3.05, 3.63) is 61.2 Å². The first-order valence-corrected chi connectivity index (χ1v) is 7.39. The first-order valence-electron chi connectivity index (χ1n) is 7.01. The van der Waals surface area contributed by atoms with E-state index in [0.29, 0.717) is 0 Å². The summed E-state index contributed by atoms with van der Waals surface area (Å²) >= 11 is 5.74. The van der Waals surface area contributed by atoms with Crippen molar-refractivity contribution >= 4 is 34.9 Å². The van der Waals surface area contributed by atoms with Crippen LogP contribution in [0.5, 0.6) is 0 Å². The molecule has 24 heavy (non-hydrogen) atoms. The van der Waals surface area contributed by atoms with Crippen LogP contribution in [0.1, 0.15) is 26.7 Å². The Morgan fingerprint density at radius 2 is 2.00 bits per heavy atom. The van der Waals surface area contributed by atoms with E-state index in [4.69, 9.17) is 11.6 Å². The third-order valence-electron chi connectivity index (χ3n) is 2.97. The molecule has 0 atom stereocenters. The van der Waals surface area contributed by atoms with E-state index in [9.17, 15) is 20.2 Å². The summed E-state index contributed by atoms with van der Waals surface area (Å²) in [6, 6.07) is 3.31. The van der Waals surface area contributed by atoms with Crippen molar-refractivity contribution in [2.75, 3.05) is 5.43 Å². The van der Waals surface area contributed by atoms with E-state index in [1.54, 1.807) is 6.08 Å². The van der Waals surface area contributed by atoms with Crippen molar-refractivity contribution in [2.24, 2.45) is 5.10 Å². The second-order valence-corrected chi connectivity index (χ2v) is 5.54. The van der Waals surface area contributed by atoms with Gasteiger partial charge >= 0.3 is 5.69 Å². The molecule has 0 bridgehead atoms. The number of nitrogens with zero attached hydrogens (tertiary/aromatic N) is 3. The van der Waals surface area contributed by atoms with Crippen molar-refractivity contribution in [1.29, 1.82) is 0 Å². The molecule has 9 heteroatoms. The monoisotopic (exact) mass is 352 g/mol. The number of nitrogens with one attached hydrogen (secondary N) is 1. The fraction of sp³-hybridized carbons (Fsp3) is 0.267. The first kappa shape index (κ1) is 19.3. The summed E-state index contributed by atoms with van der Waals surface area (Å²) in [7, 11) is 0. The molecule has 0 fully saturated rings. The maximum atomic E-state index is 11.0. The molecule has 0 heterocycles. The van der Waals surface area contributed by atoms with Crippen LogP contribution in [-0.2, 0) is 0 Å². The summed E-state index contributed by atoms with van der Waals surface area (Å²) in [5.74, 6) is 0. The van der Waals surface area contributed by atoms with E-state index in [1.807, 2.05) is 19.9 Å². The van der Waals surface area contributed by atoms with Crippen molar-refractivity contribution < 1.29 is 9.85 Å². The molecule has 0 unspecified atom stereocenters. The standard InChI is InChI=1S/C15H17ClN4O4/c1-11(4-3-5-12(2)16)8-9-17-18-14-7-6-13(19(21)22)10-15(14)20(23)24/h5-10,18H,3-4H2,1-2H3/b11-8+,12-5-,17-9-. The zero-order valence-electron chi connectivity index (χ0n) is 13.2. The smallest absolute Gasteiger partial charge is 0.272 e. The van der Waals surface area contributed by atoms with Gasteiger partial charge < -0.3 is 0 Å². The van der Waals surface area contributed by atoms with E-state index in [1.165, 1.54) is 18.3 Å². The molecule has 1 N–H and O–H groups in total. The number of nitro groups is 2. The molecule has 128 valence electrons. The molecular weight excluding hydrogens is 336 g/mol. The Balaban J connectivity index is 2.74.